The first kappa shape index (κ1) is 17.1. The molecule has 0 aliphatic carbocycles. The molecule has 0 spiro atoms. The second-order valence-electron chi connectivity index (χ2n) is 5.96. The van der Waals surface area contributed by atoms with Crippen molar-refractivity contribution in [3.63, 3.8) is 0 Å². The average molecular weight is 340 g/mol. The summed E-state index contributed by atoms with van der Waals surface area (Å²) in [5, 5.41) is 2.76. The van der Waals surface area contributed by atoms with Crippen molar-refractivity contribution in [1.29, 1.82) is 0 Å². The van der Waals surface area contributed by atoms with E-state index in [0.717, 1.165) is 12.8 Å². The Labute approximate surface area is 145 Å². The topological polar surface area (TPSA) is 77.4 Å². The second-order valence-corrected chi connectivity index (χ2v) is 5.96. The zero-order chi connectivity index (χ0) is 17.6. The maximum Gasteiger partial charge on any atom is 0.251 e. The van der Waals surface area contributed by atoms with Crippen LogP contribution < -0.4 is 10.9 Å². The number of rotatable bonds is 6. The third-order valence-corrected chi connectivity index (χ3v) is 4.21. The molecule has 0 unspecified atom stereocenters. The van der Waals surface area contributed by atoms with Gasteiger partial charge in [-0.05, 0) is 18.9 Å². The van der Waals surface area contributed by atoms with Gasteiger partial charge in [0.2, 0.25) is 0 Å². The van der Waals surface area contributed by atoms with E-state index in [1.807, 2.05) is 0 Å². The Morgan fingerprint density at radius 2 is 1.92 bits per heavy atom. The lowest BCUT2D eigenvalue weighted by Crippen LogP contribution is -2.43. The van der Waals surface area contributed by atoms with Gasteiger partial charge in [-0.1, -0.05) is 36.4 Å². The number of pyridine rings is 1. The van der Waals surface area contributed by atoms with Crippen LogP contribution in [0, 0.1) is 0 Å². The molecule has 1 aromatic carbocycles. The predicted octanol–water partition coefficient (Wildman–Crippen LogP) is 1.57. The van der Waals surface area contributed by atoms with Gasteiger partial charge >= 0.3 is 0 Å². The molecule has 1 N–H and O–H groups in total. The Kier molecular flexibility index (Phi) is 5.40. The Hall–Kier alpha value is -2.73. The fraction of sp³-hybridized carbons (Fsp3) is 0.316. The molecule has 0 radical (unpaired) electrons. The predicted molar refractivity (Wildman–Crippen MR) is 92.5 cm³/mol. The minimum absolute atomic E-state index is 0.0380. The number of carbonyl (C=O) groups is 2. The lowest BCUT2D eigenvalue weighted by Gasteiger charge is -2.19. The SMILES string of the molecule is O=C(NC[C@H]1CCCO1)[C@@H](C(=O)c1ccccc1)n1ccccc1=O. The van der Waals surface area contributed by atoms with Crippen LogP contribution in [-0.2, 0) is 9.53 Å². The van der Waals surface area contributed by atoms with Crippen molar-refractivity contribution >= 4 is 11.7 Å². The average Bonchev–Trinajstić information content (AvgIpc) is 3.16. The van der Waals surface area contributed by atoms with Gasteiger partial charge in [-0.2, -0.15) is 0 Å². The Balaban J connectivity index is 1.86. The van der Waals surface area contributed by atoms with Crippen molar-refractivity contribution in [3.05, 3.63) is 70.6 Å². The summed E-state index contributed by atoms with van der Waals surface area (Å²) in [6.07, 6.45) is 3.26. The lowest BCUT2D eigenvalue weighted by molar-refractivity contribution is -0.123. The van der Waals surface area contributed by atoms with Crippen LogP contribution in [0.2, 0.25) is 0 Å². The molecule has 0 bridgehead atoms. The summed E-state index contributed by atoms with van der Waals surface area (Å²) in [4.78, 5) is 37.8. The third-order valence-electron chi connectivity index (χ3n) is 4.21. The first-order valence-electron chi connectivity index (χ1n) is 8.32. The molecule has 25 heavy (non-hydrogen) atoms. The van der Waals surface area contributed by atoms with Crippen molar-refractivity contribution in [3.8, 4) is 0 Å². The summed E-state index contributed by atoms with van der Waals surface area (Å²) in [6, 6.07) is 11.8. The molecule has 0 saturated carbocycles. The molecule has 1 aromatic heterocycles. The summed E-state index contributed by atoms with van der Waals surface area (Å²) in [6.45, 7) is 1.02. The molecule has 2 aromatic rings. The number of benzene rings is 1. The van der Waals surface area contributed by atoms with Crippen LogP contribution in [0.25, 0.3) is 0 Å². The Bertz CT molecular complexity index is 794. The van der Waals surface area contributed by atoms with Crippen LogP contribution >= 0.6 is 0 Å². The fourth-order valence-electron chi connectivity index (χ4n) is 2.90. The molecule has 1 aliphatic heterocycles. The number of hydrogen-bond donors (Lipinski definition) is 1. The first-order valence-corrected chi connectivity index (χ1v) is 8.32. The summed E-state index contributed by atoms with van der Waals surface area (Å²) in [5.41, 5.74) is -0.0143. The quantitative estimate of drug-likeness (QED) is 0.640. The van der Waals surface area contributed by atoms with E-state index in [4.69, 9.17) is 4.74 Å². The van der Waals surface area contributed by atoms with Gasteiger partial charge in [-0.15, -0.1) is 0 Å². The number of hydrogen-bond acceptors (Lipinski definition) is 4. The van der Waals surface area contributed by atoms with Gasteiger partial charge < -0.3 is 10.1 Å². The van der Waals surface area contributed by atoms with Crippen LogP contribution in [0.15, 0.2) is 59.5 Å². The number of nitrogens with zero attached hydrogens (tertiary/aromatic N) is 1. The van der Waals surface area contributed by atoms with Crippen LogP contribution in [0.5, 0.6) is 0 Å². The lowest BCUT2D eigenvalue weighted by atomic mass is 10.0. The molecule has 2 heterocycles. The van der Waals surface area contributed by atoms with Crippen molar-refractivity contribution in [2.75, 3.05) is 13.2 Å². The van der Waals surface area contributed by atoms with Gasteiger partial charge in [0, 0.05) is 31.0 Å². The maximum absolute atomic E-state index is 12.9. The van der Waals surface area contributed by atoms with Crippen LogP contribution in [0.1, 0.15) is 29.2 Å². The van der Waals surface area contributed by atoms with Gasteiger partial charge in [0.1, 0.15) is 0 Å². The van der Waals surface area contributed by atoms with E-state index in [1.165, 1.54) is 16.8 Å². The molecular weight excluding hydrogens is 320 g/mol. The van der Waals surface area contributed by atoms with E-state index in [-0.39, 0.29) is 6.10 Å². The number of amides is 1. The van der Waals surface area contributed by atoms with E-state index in [0.29, 0.717) is 18.7 Å². The largest absolute Gasteiger partial charge is 0.376 e. The molecule has 1 saturated heterocycles. The van der Waals surface area contributed by atoms with E-state index >= 15 is 0 Å². The summed E-state index contributed by atoms with van der Waals surface area (Å²) in [7, 11) is 0. The smallest absolute Gasteiger partial charge is 0.251 e. The van der Waals surface area contributed by atoms with E-state index in [2.05, 4.69) is 5.32 Å². The minimum atomic E-state index is -1.24. The normalized spacial score (nSPS) is 17.8. The highest BCUT2D eigenvalue weighted by molar-refractivity contribution is 6.11. The summed E-state index contributed by atoms with van der Waals surface area (Å²) in [5.74, 6) is -0.920. The highest BCUT2D eigenvalue weighted by Gasteiger charge is 2.30. The van der Waals surface area contributed by atoms with Crippen LogP contribution in [0.3, 0.4) is 0 Å². The van der Waals surface area contributed by atoms with E-state index in [9.17, 15) is 14.4 Å². The fourth-order valence-corrected chi connectivity index (χ4v) is 2.90. The first-order chi connectivity index (χ1) is 12.2. The van der Waals surface area contributed by atoms with Crippen molar-refractivity contribution in [2.45, 2.75) is 25.0 Å². The molecule has 2 atom stereocenters. The highest BCUT2D eigenvalue weighted by Crippen LogP contribution is 2.15. The molecule has 3 rings (SSSR count). The van der Waals surface area contributed by atoms with Gasteiger partial charge in [0.05, 0.1) is 6.10 Å². The molecule has 130 valence electrons. The maximum atomic E-state index is 12.9. The zero-order valence-corrected chi connectivity index (χ0v) is 13.8. The molecular formula is C19H20N2O4. The van der Waals surface area contributed by atoms with Crippen molar-refractivity contribution < 1.29 is 14.3 Å². The highest BCUT2D eigenvalue weighted by atomic mass is 16.5. The van der Waals surface area contributed by atoms with Gasteiger partial charge in [-0.25, -0.2) is 0 Å². The molecule has 1 fully saturated rings. The summed E-state index contributed by atoms with van der Waals surface area (Å²) < 4.78 is 6.66. The third kappa shape index (κ3) is 4.03. The zero-order valence-electron chi connectivity index (χ0n) is 13.8. The van der Waals surface area contributed by atoms with Gasteiger partial charge in [-0.3, -0.25) is 19.0 Å². The molecule has 6 heteroatoms. The van der Waals surface area contributed by atoms with Gasteiger partial charge in [0.15, 0.2) is 11.8 Å². The van der Waals surface area contributed by atoms with E-state index in [1.54, 1.807) is 42.5 Å². The monoisotopic (exact) mass is 340 g/mol. The van der Waals surface area contributed by atoms with Crippen LogP contribution in [-0.4, -0.2) is 35.5 Å². The molecule has 1 aliphatic rings. The van der Waals surface area contributed by atoms with Crippen LogP contribution in [0.4, 0.5) is 0 Å². The number of ketones is 1. The number of nitrogens with one attached hydrogen (secondary N) is 1. The van der Waals surface area contributed by atoms with Crippen molar-refractivity contribution in [2.24, 2.45) is 0 Å². The number of ether oxygens (including phenoxy) is 1. The van der Waals surface area contributed by atoms with E-state index < -0.39 is 23.3 Å². The second kappa shape index (κ2) is 7.90. The number of Topliss-reactive ketones (excluding diaryl/α,β-unsaturated/α-hetero) is 1. The Morgan fingerprint density at radius 1 is 1.16 bits per heavy atom. The number of aromatic nitrogens is 1. The Morgan fingerprint density at radius 3 is 2.60 bits per heavy atom. The number of carbonyl (C=O) groups excluding carboxylic acids is 2. The summed E-state index contributed by atoms with van der Waals surface area (Å²) >= 11 is 0. The minimum Gasteiger partial charge on any atom is -0.376 e. The molecule has 1 amide bonds. The van der Waals surface area contributed by atoms with Gasteiger partial charge in [0.25, 0.3) is 11.5 Å². The molecule has 6 nitrogen and oxygen atoms in total. The van der Waals surface area contributed by atoms with Crippen molar-refractivity contribution in [1.82, 2.24) is 9.88 Å². The standard InChI is InChI=1S/C19H20N2O4/c22-16-10-4-5-11-21(16)17(18(23)14-7-2-1-3-8-14)19(24)20-13-15-9-6-12-25-15/h1-5,7-8,10-11,15,17H,6,9,12-13H2,(H,20,24)/t15-,17-/m1/s1.